The van der Waals surface area contributed by atoms with Crippen LogP contribution in [0.4, 0.5) is 30.5 Å². The summed E-state index contributed by atoms with van der Waals surface area (Å²) in [4.78, 5) is 20.9. The van der Waals surface area contributed by atoms with Crippen LogP contribution in [0.2, 0.25) is 0 Å². The van der Waals surface area contributed by atoms with Crippen molar-refractivity contribution in [1.29, 1.82) is 0 Å². The highest BCUT2D eigenvalue weighted by Crippen LogP contribution is 2.32. The summed E-state index contributed by atoms with van der Waals surface area (Å²) >= 11 is 0. The summed E-state index contributed by atoms with van der Waals surface area (Å²) in [6.45, 7) is 3.68. The number of aromatic nitrogens is 2. The number of nitrogens with zero attached hydrogens (tertiary/aromatic N) is 2. The maximum Gasteiger partial charge on any atom is 0.417 e. The molecule has 0 bridgehead atoms. The van der Waals surface area contributed by atoms with Gasteiger partial charge in [0.05, 0.1) is 11.1 Å². The molecule has 5 nitrogen and oxygen atoms in total. The molecule has 0 atom stereocenters. The number of anilines is 3. The van der Waals surface area contributed by atoms with Crippen molar-refractivity contribution in [3.8, 4) is 0 Å². The Bertz CT molecular complexity index is 998. The van der Waals surface area contributed by atoms with Crippen LogP contribution in [0.1, 0.15) is 27.3 Å². The van der Waals surface area contributed by atoms with Gasteiger partial charge in [-0.05, 0) is 50.2 Å². The van der Waals surface area contributed by atoms with Crippen molar-refractivity contribution in [3.05, 3.63) is 77.1 Å². The summed E-state index contributed by atoms with van der Waals surface area (Å²) < 4.78 is 39.3. The molecule has 0 unspecified atom stereocenters. The van der Waals surface area contributed by atoms with Crippen LogP contribution < -0.4 is 10.6 Å². The van der Waals surface area contributed by atoms with E-state index in [1.807, 2.05) is 19.9 Å². The molecule has 0 aliphatic carbocycles. The molecule has 1 heterocycles. The third-order valence-electron chi connectivity index (χ3n) is 3.84. The maximum absolute atomic E-state index is 13.1. The second-order valence-electron chi connectivity index (χ2n) is 6.18. The second-order valence-corrected chi connectivity index (χ2v) is 6.18. The van der Waals surface area contributed by atoms with Gasteiger partial charge in [0.15, 0.2) is 0 Å². The molecule has 2 N–H and O–H groups in total. The maximum atomic E-state index is 13.1. The average Bonchev–Trinajstić information content (AvgIpc) is 2.60. The molecule has 8 heteroatoms. The number of carbonyl (C=O) groups is 1. The van der Waals surface area contributed by atoms with Crippen LogP contribution in [0, 0.1) is 13.8 Å². The van der Waals surface area contributed by atoms with Gasteiger partial charge in [-0.1, -0.05) is 18.2 Å². The minimum absolute atomic E-state index is 0.344. The number of aryl methyl sites for hydroxylation is 2. The van der Waals surface area contributed by atoms with E-state index >= 15 is 0 Å². The first kappa shape index (κ1) is 19.3. The molecule has 0 aliphatic heterocycles. The van der Waals surface area contributed by atoms with E-state index < -0.39 is 23.2 Å². The lowest BCUT2D eigenvalue weighted by molar-refractivity contribution is -0.137. The van der Waals surface area contributed by atoms with Gasteiger partial charge in [-0.2, -0.15) is 13.2 Å². The molecule has 1 aromatic heterocycles. The molecular formula is C20H17F3N4O. The van der Waals surface area contributed by atoms with E-state index in [0.29, 0.717) is 17.3 Å². The van der Waals surface area contributed by atoms with Crippen molar-refractivity contribution in [2.45, 2.75) is 20.0 Å². The Morgan fingerprint density at radius 1 is 0.893 bits per heavy atom. The molecule has 0 radical (unpaired) electrons. The van der Waals surface area contributed by atoms with Crippen molar-refractivity contribution in [2.24, 2.45) is 0 Å². The first-order valence-electron chi connectivity index (χ1n) is 8.39. The Morgan fingerprint density at radius 3 is 2.21 bits per heavy atom. The lowest BCUT2D eigenvalue weighted by Gasteiger charge is -2.13. The molecule has 0 saturated carbocycles. The molecule has 1 amide bonds. The van der Waals surface area contributed by atoms with Crippen molar-refractivity contribution in [1.82, 2.24) is 9.97 Å². The van der Waals surface area contributed by atoms with E-state index in [1.54, 1.807) is 24.3 Å². The normalized spacial score (nSPS) is 11.2. The SMILES string of the molecule is Cc1cc(C)nc(Nc2cccc(NC(=O)c3ccccc3C(F)(F)F)c2)n1. The zero-order chi connectivity index (χ0) is 20.3. The summed E-state index contributed by atoms with van der Waals surface area (Å²) in [7, 11) is 0. The van der Waals surface area contributed by atoms with Crippen molar-refractivity contribution in [3.63, 3.8) is 0 Å². The molecule has 0 fully saturated rings. The number of amides is 1. The fourth-order valence-electron chi connectivity index (χ4n) is 2.71. The smallest absolute Gasteiger partial charge is 0.324 e. The van der Waals surface area contributed by atoms with E-state index in [1.165, 1.54) is 12.1 Å². The van der Waals surface area contributed by atoms with Gasteiger partial charge in [-0.25, -0.2) is 9.97 Å². The number of carbonyl (C=O) groups excluding carboxylic acids is 1. The highest BCUT2D eigenvalue weighted by atomic mass is 19.4. The van der Waals surface area contributed by atoms with E-state index in [-0.39, 0.29) is 0 Å². The van der Waals surface area contributed by atoms with Crippen LogP contribution in [0.15, 0.2) is 54.6 Å². The van der Waals surface area contributed by atoms with Gasteiger partial charge >= 0.3 is 6.18 Å². The molecule has 0 saturated heterocycles. The lowest BCUT2D eigenvalue weighted by atomic mass is 10.1. The molecule has 2 aromatic carbocycles. The van der Waals surface area contributed by atoms with Crippen LogP contribution >= 0.6 is 0 Å². The summed E-state index contributed by atoms with van der Waals surface area (Å²) in [5.74, 6) is -0.448. The second kappa shape index (κ2) is 7.67. The Labute approximate surface area is 159 Å². The Kier molecular flexibility index (Phi) is 5.30. The number of alkyl halides is 3. The van der Waals surface area contributed by atoms with Gasteiger partial charge < -0.3 is 10.6 Å². The number of halogens is 3. The third kappa shape index (κ3) is 4.64. The molecule has 0 spiro atoms. The van der Waals surface area contributed by atoms with Crippen molar-refractivity contribution in [2.75, 3.05) is 10.6 Å². The molecule has 3 rings (SSSR count). The lowest BCUT2D eigenvalue weighted by Crippen LogP contribution is -2.18. The summed E-state index contributed by atoms with van der Waals surface area (Å²) in [5.41, 5.74) is 1.10. The fourth-order valence-corrected chi connectivity index (χ4v) is 2.71. The quantitative estimate of drug-likeness (QED) is 0.654. The number of rotatable bonds is 4. The molecule has 3 aromatic rings. The third-order valence-corrected chi connectivity index (χ3v) is 3.84. The van der Waals surface area contributed by atoms with E-state index in [0.717, 1.165) is 23.5 Å². The van der Waals surface area contributed by atoms with E-state index in [4.69, 9.17) is 0 Å². The fraction of sp³-hybridized carbons (Fsp3) is 0.150. The number of nitrogens with one attached hydrogen (secondary N) is 2. The highest BCUT2D eigenvalue weighted by Gasteiger charge is 2.34. The number of hydrogen-bond donors (Lipinski definition) is 2. The molecule has 144 valence electrons. The van der Waals surface area contributed by atoms with Crippen LogP contribution in [0.25, 0.3) is 0 Å². The van der Waals surface area contributed by atoms with E-state index in [2.05, 4.69) is 20.6 Å². The van der Waals surface area contributed by atoms with Gasteiger partial charge in [0.1, 0.15) is 0 Å². The first-order valence-corrected chi connectivity index (χ1v) is 8.39. The zero-order valence-corrected chi connectivity index (χ0v) is 15.1. The first-order chi connectivity index (χ1) is 13.2. The Hall–Kier alpha value is -3.42. The number of benzene rings is 2. The van der Waals surface area contributed by atoms with Crippen LogP contribution in [-0.4, -0.2) is 15.9 Å². The van der Waals surface area contributed by atoms with Crippen molar-refractivity contribution < 1.29 is 18.0 Å². The molecule has 28 heavy (non-hydrogen) atoms. The largest absolute Gasteiger partial charge is 0.417 e. The highest BCUT2D eigenvalue weighted by molar-refractivity contribution is 6.05. The minimum Gasteiger partial charge on any atom is -0.324 e. The monoisotopic (exact) mass is 386 g/mol. The van der Waals surface area contributed by atoms with Gasteiger partial charge in [0.25, 0.3) is 5.91 Å². The predicted octanol–water partition coefficient (Wildman–Crippen LogP) is 5.11. The average molecular weight is 386 g/mol. The standard InChI is InChI=1S/C20H17F3N4O/c1-12-10-13(2)25-19(24-12)27-15-7-5-6-14(11-15)26-18(28)16-8-3-4-9-17(16)20(21,22)23/h3-11H,1-2H3,(H,26,28)(H,24,25,27). The Balaban J connectivity index is 1.81. The van der Waals surface area contributed by atoms with Gasteiger partial charge in [-0.15, -0.1) is 0 Å². The zero-order valence-electron chi connectivity index (χ0n) is 15.1. The summed E-state index contributed by atoms with van der Waals surface area (Å²) in [6.07, 6.45) is -4.61. The van der Waals surface area contributed by atoms with Gasteiger partial charge in [-0.3, -0.25) is 4.79 Å². The summed E-state index contributed by atoms with van der Waals surface area (Å²) in [6, 6.07) is 13.1. The Morgan fingerprint density at radius 2 is 1.54 bits per heavy atom. The van der Waals surface area contributed by atoms with Crippen LogP contribution in [-0.2, 0) is 6.18 Å². The molecular weight excluding hydrogens is 369 g/mol. The van der Waals surface area contributed by atoms with Crippen LogP contribution in [0.5, 0.6) is 0 Å². The number of hydrogen-bond acceptors (Lipinski definition) is 4. The summed E-state index contributed by atoms with van der Waals surface area (Å²) in [5, 5.41) is 5.52. The van der Waals surface area contributed by atoms with Gasteiger partial charge in [0.2, 0.25) is 5.95 Å². The van der Waals surface area contributed by atoms with E-state index in [9.17, 15) is 18.0 Å². The van der Waals surface area contributed by atoms with Gasteiger partial charge in [0, 0.05) is 22.8 Å². The predicted molar refractivity (Wildman–Crippen MR) is 101 cm³/mol. The van der Waals surface area contributed by atoms with Crippen molar-refractivity contribution >= 4 is 23.2 Å². The minimum atomic E-state index is -4.61. The topological polar surface area (TPSA) is 66.9 Å². The molecule has 0 aliphatic rings. The van der Waals surface area contributed by atoms with Crippen LogP contribution in [0.3, 0.4) is 0 Å².